The number of halogens is 2. The first-order valence-corrected chi connectivity index (χ1v) is 11.1. The molecule has 2 nitrogen and oxygen atoms in total. The number of benzene rings is 2. The topological polar surface area (TPSA) is 7.76 Å². The molecule has 0 amide bonds. The van der Waals surface area contributed by atoms with Gasteiger partial charge in [0.15, 0.2) is 23.8 Å². The maximum absolute atomic E-state index is 6.53. The third-order valence-electron chi connectivity index (χ3n) is 7.12. The molecule has 0 radical (unpaired) electrons. The van der Waals surface area contributed by atoms with Gasteiger partial charge in [-0.2, -0.15) is 9.13 Å². The lowest BCUT2D eigenvalue weighted by atomic mass is 9.65. The Morgan fingerprint density at radius 2 is 1.00 bits per heavy atom. The van der Waals surface area contributed by atoms with Crippen LogP contribution in [0.15, 0.2) is 85.2 Å². The molecule has 7 heterocycles. The normalized spacial score (nSPS) is 24.3. The number of hydrogen-bond acceptors (Lipinski definition) is 0. The van der Waals surface area contributed by atoms with Gasteiger partial charge in [0.05, 0.1) is 0 Å². The van der Waals surface area contributed by atoms with Crippen LogP contribution in [0.5, 0.6) is 0 Å². The Labute approximate surface area is 185 Å². The Morgan fingerprint density at radius 3 is 1.47 bits per heavy atom. The fourth-order valence-electron chi connectivity index (χ4n) is 6.10. The molecule has 0 fully saturated rings. The van der Waals surface area contributed by atoms with E-state index >= 15 is 0 Å². The average Bonchev–Trinajstić information content (AvgIpc) is 2.75. The molecule has 2 aromatic heterocycles. The molecule has 0 unspecified atom stereocenters. The second kappa shape index (κ2) is 5.94. The van der Waals surface area contributed by atoms with Gasteiger partial charge in [-0.25, -0.2) is 0 Å². The van der Waals surface area contributed by atoms with Crippen molar-refractivity contribution in [1.82, 2.24) is 0 Å². The van der Waals surface area contributed by atoms with E-state index in [1.54, 1.807) is 0 Å². The molecule has 2 aromatic carbocycles. The average molecular weight is 429 g/mol. The molecule has 144 valence electrons. The zero-order chi connectivity index (χ0) is 20.0. The number of pyridine rings is 2. The van der Waals surface area contributed by atoms with Gasteiger partial charge in [-0.3, -0.25) is 0 Å². The third-order valence-corrected chi connectivity index (χ3v) is 7.59. The predicted octanol–water partition coefficient (Wildman–Crippen LogP) is 5.35. The number of rotatable bonds is 0. The fourth-order valence-corrected chi connectivity index (χ4v) is 6.46. The van der Waals surface area contributed by atoms with Gasteiger partial charge >= 0.3 is 0 Å². The Hall–Kier alpha value is -2.68. The minimum Gasteiger partial charge on any atom is -0.193 e. The van der Waals surface area contributed by atoms with Crippen LogP contribution in [0.25, 0.3) is 0 Å². The second-order valence-corrected chi connectivity index (χ2v) is 9.33. The van der Waals surface area contributed by atoms with Crippen LogP contribution in [0.2, 0.25) is 10.0 Å². The SMILES string of the molecule is Clc1ccc2c(c1)[C@H]1c3cccc[n+]3[C@@H]2[C@@H]2c3cc(Cl)ccc3[C@H]1[n+]1ccccc12. The van der Waals surface area contributed by atoms with Crippen molar-refractivity contribution in [3.05, 3.63) is 129 Å². The molecule has 1 aliphatic carbocycles. The first-order chi connectivity index (χ1) is 14.7. The quantitative estimate of drug-likeness (QED) is 0.333. The van der Waals surface area contributed by atoms with Crippen LogP contribution in [0.4, 0.5) is 0 Å². The Balaban J connectivity index is 1.68. The molecule has 5 aliphatic heterocycles. The van der Waals surface area contributed by atoms with Gasteiger partial charge in [0.25, 0.3) is 0 Å². The van der Waals surface area contributed by atoms with Crippen molar-refractivity contribution in [3.8, 4) is 0 Å². The highest BCUT2D eigenvalue weighted by Crippen LogP contribution is 2.54. The molecule has 4 bridgehead atoms. The van der Waals surface area contributed by atoms with E-state index in [1.807, 2.05) is 12.1 Å². The van der Waals surface area contributed by atoms with Gasteiger partial charge in [-0.05, 0) is 35.4 Å². The summed E-state index contributed by atoms with van der Waals surface area (Å²) in [4.78, 5) is 0. The highest BCUT2D eigenvalue weighted by molar-refractivity contribution is 6.31. The molecule has 0 N–H and O–H groups in total. The van der Waals surface area contributed by atoms with Crippen molar-refractivity contribution in [3.63, 3.8) is 0 Å². The summed E-state index contributed by atoms with van der Waals surface area (Å²) in [5, 5.41) is 1.60. The first kappa shape index (κ1) is 17.0. The molecule has 0 spiro atoms. The minimum absolute atomic E-state index is 0.150. The van der Waals surface area contributed by atoms with Crippen LogP contribution in [-0.2, 0) is 0 Å². The molecule has 6 aliphatic rings. The van der Waals surface area contributed by atoms with Crippen LogP contribution >= 0.6 is 23.2 Å². The van der Waals surface area contributed by atoms with Gasteiger partial charge in [0.2, 0.25) is 12.1 Å². The zero-order valence-corrected chi connectivity index (χ0v) is 17.6. The molecule has 0 saturated carbocycles. The van der Waals surface area contributed by atoms with Crippen LogP contribution in [0.3, 0.4) is 0 Å². The summed E-state index contributed by atoms with van der Waals surface area (Å²) in [5.41, 5.74) is 8.10. The van der Waals surface area contributed by atoms with Crippen LogP contribution in [0.1, 0.15) is 57.6 Å². The largest absolute Gasteiger partial charge is 0.200 e. The Morgan fingerprint density at radius 1 is 0.533 bits per heavy atom. The number of hydrogen-bond donors (Lipinski definition) is 0. The van der Waals surface area contributed by atoms with E-state index in [2.05, 4.69) is 82.2 Å². The summed E-state index contributed by atoms with van der Waals surface area (Å²) >= 11 is 13.1. The van der Waals surface area contributed by atoms with Crippen molar-refractivity contribution in [1.29, 1.82) is 0 Å². The molecule has 4 aromatic rings. The summed E-state index contributed by atoms with van der Waals surface area (Å²) < 4.78 is 4.97. The lowest BCUT2D eigenvalue weighted by Crippen LogP contribution is -2.62. The van der Waals surface area contributed by atoms with Gasteiger partial charge in [-0.1, -0.05) is 47.5 Å². The second-order valence-electron chi connectivity index (χ2n) is 8.46. The molecule has 4 heteroatoms. The maximum atomic E-state index is 6.53. The van der Waals surface area contributed by atoms with Crippen molar-refractivity contribution in [2.75, 3.05) is 0 Å². The summed E-state index contributed by atoms with van der Waals surface area (Å²) in [7, 11) is 0. The van der Waals surface area contributed by atoms with E-state index < -0.39 is 0 Å². The highest BCUT2D eigenvalue weighted by atomic mass is 35.5. The van der Waals surface area contributed by atoms with E-state index in [4.69, 9.17) is 23.2 Å². The summed E-state index contributed by atoms with van der Waals surface area (Å²) in [6, 6.07) is 26.3. The molecule has 0 saturated heterocycles. The van der Waals surface area contributed by atoms with Gasteiger partial charge in [0.1, 0.15) is 11.8 Å². The van der Waals surface area contributed by atoms with E-state index in [0.29, 0.717) is 0 Å². The van der Waals surface area contributed by atoms with E-state index in [1.165, 1.54) is 33.6 Å². The smallest absolute Gasteiger partial charge is 0.193 e. The molecule has 10 rings (SSSR count). The van der Waals surface area contributed by atoms with Gasteiger partial charge in [0, 0.05) is 45.4 Å². The van der Waals surface area contributed by atoms with Gasteiger partial charge < -0.3 is 0 Å². The summed E-state index contributed by atoms with van der Waals surface area (Å²) in [6.45, 7) is 0. The lowest BCUT2D eigenvalue weighted by Gasteiger charge is -2.42. The Kier molecular flexibility index (Phi) is 3.37. The van der Waals surface area contributed by atoms with Crippen molar-refractivity contribution >= 4 is 23.2 Å². The van der Waals surface area contributed by atoms with Gasteiger partial charge in [-0.15, -0.1) is 0 Å². The van der Waals surface area contributed by atoms with E-state index in [9.17, 15) is 0 Å². The summed E-state index contributed by atoms with van der Waals surface area (Å²) in [5.74, 6) is 0.340. The maximum Gasteiger partial charge on any atom is 0.200 e. The van der Waals surface area contributed by atoms with Crippen molar-refractivity contribution in [2.45, 2.75) is 23.9 Å². The Bertz CT molecular complexity index is 1260. The minimum atomic E-state index is 0.150. The molecular formula is C26H18Cl2N2+2. The van der Waals surface area contributed by atoms with Crippen LogP contribution < -0.4 is 9.13 Å². The highest BCUT2D eigenvalue weighted by Gasteiger charge is 2.58. The monoisotopic (exact) mass is 428 g/mol. The molecule has 30 heavy (non-hydrogen) atoms. The predicted molar refractivity (Wildman–Crippen MR) is 116 cm³/mol. The third kappa shape index (κ3) is 2.06. The number of nitrogens with zero attached hydrogens (tertiary/aromatic N) is 2. The summed E-state index contributed by atoms with van der Waals surface area (Å²) in [6.07, 6.45) is 4.48. The van der Waals surface area contributed by atoms with Crippen molar-refractivity contribution < 1.29 is 9.13 Å². The lowest BCUT2D eigenvalue weighted by molar-refractivity contribution is -0.769. The van der Waals surface area contributed by atoms with Crippen molar-refractivity contribution in [2.24, 2.45) is 0 Å². The standard InChI is InChI=1S/C26H18Cl2N2/c27-15-7-9-17-19(13-15)23-21-5-1-3-11-29(21)26(17)24-20-14-16(28)8-10-18(20)25(23)30-12-4-2-6-22(24)30/h1-14,23-26H/q+2/t23-,24+,25+,26-. The molecule has 4 atom stereocenters. The first-order valence-electron chi connectivity index (χ1n) is 10.3. The molecular weight excluding hydrogens is 411 g/mol. The zero-order valence-electron chi connectivity index (χ0n) is 16.0. The van der Waals surface area contributed by atoms with E-state index in [0.717, 1.165) is 10.0 Å². The van der Waals surface area contributed by atoms with E-state index in [-0.39, 0.29) is 23.9 Å². The fraction of sp³-hybridized carbons (Fsp3) is 0.154. The van der Waals surface area contributed by atoms with Crippen LogP contribution in [-0.4, -0.2) is 0 Å². The van der Waals surface area contributed by atoms with Crippen LogP contribution in [0, 0.1) is 0 Å². The number of aromatic nitrogens is 2.